The second kappa shape index (κ2) is 18.9. The molecule has 12 aromatic rings. The highest BCUT2D eigenvalue weighted by Crippen LogP contribution is 2.58. The fourth-order valence-corrected chi connectivity index (χ4v) is 13.5. The van der Waals surface area contributed by atoms with Gasteiger partial charge in [-0.1, -0.05) is 225 Å². The molecule has 1 spiro atoms. The number of rotatable bonds is 10. The second-order valence-electron chi connectivity index (χ2n) is 20.3. The van der Waals surface area contributed by atoms with Gasteiger partial charge in [0, 0.05) is 37.8 Å². The summed E-state index contributed by atoms with van der Waals surface area (Å²) >= 11 is 1.86. The van der Waals surface area contributed by atoms with Crippen molar-refractivity contribution in [2.75, 3.05) is 4.90 Å². The molecule has 0 amide bonds. The largest absolute Gasteiger partial charge is 0.310 e. The van der Waals surface area contributed by atoms with Gasteiger partial charge in [0.15, 0.2) is 0 Å². The summed E-state index contributed by atoms with van der Waals surface area (Å²) in [5.74, 6) is 0. The van der Waals surface area contributed by atoms with Gasteiger partial charge in [-0.15, -0.1) is 11.3 Å². The number of fused-ring (bicyclic) bond motifs is 11. The van der Waals surface area contributed by atoms with Gasteiger partial charge in [0.2, 0.25) is 0 Å². The SMILES string of the molecule is C(=Cc1ccc2c(c1)C1(CCCC1)c1cc(N(c3ccccc3)c3ccccc3)ccc1-2)c1ccc(C=Cc2ccc(-c3cc(-c4ccccc4)c4c5ccccc5c5ccccc5c4c3-c3ccccc3)s2)cc1. The van der Waals surface area contributed by atoms with Gasteiger partial charge in [-0.05, 0) is 167 Å². The van der Waals surface area contributed by atoms with Gasteiger partial charge in [0.25, 0.3) is 0 Å². The van der Waals surface area contributed by atoms with Crippen LogP contribution >= 0.6 is 11.3 Å². The predicted molar refractivity (Wildman–Crippen MR) is 323 cm³/mol. The Hall–Kier alpha value is -8.82. The molecule has 2 aliphatic carbocycles. The Bertz CT molecular complexity index is 4100. The Morgan fingerprint density at radius 3 is 1.47 bits per heavy atom. The maximum Gasteiger partial charge on any atom is 0.0465 e. The van der Waals surface area contributed by atoms with Gasteiger partial charge >= 0.3 is 0 Å². The molecule has 0 saturated heterocycles. The van der Waals surface area contributed by atoms with Crippen LogP contribution in [0.1, 0.15) is 58.4 Å². The van der Waals surface area contributed by atoms with E-state index < -0.39 is 0 Å². The van der Waals surface area contributed by atoms with Crippen LogP contribution in [0.2, 0.25) is 0 Å². The van der Waals surface area contributed by atoms with Crippen LogP contribution in [0, 0.1) is 0 Å². The molecule has 2 heteroatoms. The molecule has 14 rings (SSSR count). The molecule has 1 heterocycles. The molecule has 1 fully saturated rings. The van der Waals surface area contributed by atoms with Crippen LogP contribution in [0.4, 0.5) is 17.1 Å². The summed E-state index contributed by atoms with van der Waals surface area (Å²) in [6.07, 6.45) is 14.0. The lowest BCUT2D eigenvalue weighted by molar-refractivity contribution is 0.550. The van der Waals surface area contributed by atoms with Crippen molar-refractivity contribution in [3.63, 3.8) is 0 Å². The first-order chi connectivity index (χ1) is 37.2. The van der Waals surface area contributed by atoms with Crippen molar-refractivity contribution in [1.29, 1.82) is 0 Å². The summed E-state index contributed by atoms with van der Waals surface area (Å²) in [5.41, 5.74) is 19.2. The van der Waals surface area contributed by atoms with Crippen LogP contribution in [0.15, 0.2) is 249 Å². The number of benzene rings is 11. The monoisotopic (exact) mass is 975 g/mol. The molecule has 11 aromatic carbocycles. The zero-order valence-electron chi connectivity index (χ0n) is 41.7. The third-order valence-electron chi connectivity index (χ3n) is 16.0. The molecular weight excluding hydrogens is 923 g/mol. The predicted octanol–water partition coefficient (Wildman–Crippen LogP) is 20.9. The molecule has 0 bridgehead atoms. The average molecular weight is 976 g/mol. The minimum absolute atomic E-state index is 0.0376. The average Bonchev–Trinajstić information content (AvgIpc) is 4.31. The third kappa shape index (κ3) is 7.93. The molecular formula is C73H53NS. The van der Waals surface area contributed by atoms with Crippen molar-refractivity contribution in [3.05, 3.63) is 281 Å². The lowest BCUT2D eigenvalue weighted by atomic mass is 9.76. The summed E-state index contributed by atoms with van der Waals surface area (Å²) in [7, 11) is 0. The van der Waals surface area contributed by atoms with Crippen LogP contribution in [0.5, 0.6) is 0 Å². The Morgan fingerprint density at radius 1 is 0.347 bits per heavy atom. The highest BCUT2D eigenvalue weighted by atomic mass is 32.1. The third-order valence-corrected chi connectivity index (χ3v) is 17.1. The van der Waals surface area contributed by atoms with E-state index in [1.165, 1.54) is 152 Å². The highest BCUT2D eigenvalue weighted by Gasteiger charge is 2.45. The summed E-state index contributed by atoms with van der Waals surface area (Å²) in [6.45, 7) is 0. The van der Waals surface area contributed by atoms with Crippen molar-refractivity contribution < 1.29 is 0 Å². The van der Waals surface area contributed by atoms with Crippen molar-refractivity contribution in [3.8, 4) is 43.8 Å². The van der Waals surface area contributed by atoms with Crippen LogP contribution in [-0.2, 0) is 5.41 Å². The molecule has 0 radical (unpaired) electrons. The van der Waals surface area contributed by atoms with Gasteiger partial charge in [-0.25, -0.2) is 0 Å². The van der Waals surface area contributed by atoms with E-state index in [1.807, 2.05) is 11.3 Å². The minimum Gasteiger partial charge on any atom is -0.310 e. The standard InChI is InChI=1S/C73H53NS/c1-5-19-53(20-6-1)65-49-66(70(54-21-7-2-8-22-54)72-64-30-16-14-28-60(64)59-27-13-15-29-63(59)71(65)72)69-44-41-58(75-69)40-37-51-33-31-50(32-34-51)35-36-52-38-42-61-62-43-39-57(48-68(62)73(67(61)47-52)45-17-18-46-73)74(55-23-9-3-10-24-55)56-25-11-4-12-26-56/h1-16,19-44,47-49H,17-18,45-46H2. The van der Waals surface area contributed by atoms with E-state index in [-0.39, 0.29) is 5.41 Å². The number of nitrogens with zero attached hydrogens (tertiary/aromatic N) is 1. The summed E-state index contributed by atoms with van der Waals surface area (Å²) in [5, 5.41) is 7.72. The fourth-order valence-electron chi connectivity index (χ4n) is 12.6. The van der Waals surface area contributed by atoms with E-state index in [2.05, 4.69) is 278 Å². The molecule has 75 heavy (non-hydrogen) atoms. The smallest absolute Gasteiger partial charge is 0.0465 e. The molecule has 1 saturated carbocycles. The second-order valence-corrected chi connectivity index (χ2v) is 21.4. The van der Waals surface area contributed by atoms with Gasteiger partial charge in [0.1, 0.15) is 0 Å². The fraction of sp³-hybridized carbons (Fsp3) is 0.0685. The van der Waals surface area contributed by atoms with Crippen LogP contribution < -0.4 is 4.90 Å². The van der Waals surface area contributed by atoms with Crippen molar-refractivity contribution >= 4 is 85.0 Å². The van der Waals surface area contributed by atoms with Gasteiger partial charge < -0.3 is 4.90 Å². The Kier molecular flexibility index (Phi) is 11.3. The lowest BCUT2D eigenvalue weighted by Crippen LogP contribution is -2.21. The molecule has 0 atom stereocenters. The summed E-state index contributed by atoms with van der Waals surface area (Å²) in [4.78, 5) is 4.87. The maximum atomic E-state index is 2.50. The molecule has 1 nitrogen and oxygen atoms in total. The number of hydrogen-bond acceptors (Lipinski definition) is 2. The summed E-state index contributed by atoms with van der Waals surface area (Å²) < 4.78 is 0. The molecule has 0 aliphatic heterocycles. The minimum atomic E-state index is 0.0376. The molecule has 356 valence electrons. The zero-order valence-corrected chi connectivity index (χ0v) is 42.5. The quantitative estimate of drug-likeness (QED) is 0.0975. The maximum absolute atomic E-state index is 2.50. The van der Waals surface area contributed by atoms with E-state index in [4.69, 9.17) is 0 Å². The van der Waals surface area contributed by atoms with Crippen molar-refractivity contribution in [2.45, 2.75) is 31.1 Å². The van der Waals surface area contributed by atoms with Crippen molar-refractivity contribution in [2.24, 2.45) is 0 Å². The van der Waals surface area contributed by atoms with E-state index in [1.54, 1.807) is 0 Å². The normalized spacial score (nSPS) is 13.7. The number of anilines is 3. The Morgan fingerprint density at radius 2 is 0.840 bits per heavy atom. The van der Waals surface area contributed by atoms with E-state index in [0.29, 0.717) is 0 Å². The molecule has 0 unspecified atom stereocenters. The zero-order chi connectivity index (χ0) is 49.7. The lowest BCUT2D eigenvalue weighted by Gasteiger charge is -2.30. The number of hydrogen-bond donors (Lipinski definition) is 0. The molecule has 0 N–H and O–H groups in total. The van der Waals surface area contributed by atoms with Gasteiger partial charge in [0.05, 0.1) is 0 Å². The van der Waals surface area contributed by atoms with Gasteiger partial charge in [-0.2, -0.15) is 0 Å². The first-order valence-corrected chi connectivity index (χ1v) is 27.3. The topological polar surface area (TPSA) is 3.24 Å². The van der Waals surface area contributed by atoms with Crippen LogP contribution in [-0.4, -0.2) is 0 Å². The Balaban J connectivity index is 0.761. The summed E-state index contributed by atoms with van der Waals surface area (Å²) in [6, 6.07) is 91.8. The van der Waals surface area contributed by atoms with Crippen LogP contribution in [0.25, 0.3) is 100 Å². The van der Waals surface area contributed by atoms with Gasteiger partial charge in [-0.3, -0.25) is 0 Å². The molecule has 2 aliphatic rings. The van der Waals surface area contributed by atoms with E-state index in [0.717, 1.165) is 0 Å². The first-order valence-electron chi connectivity index (χ1n) is 26.4. The first kappa shape index (κ1) is 44.8. The number of thiophene rings is 1. The molecule has 1 aromatic heterocycles. The Labute approximate surface area is 443 Å². The van der Waals surface area contributed by atoms with E-state index >= 15 is 0 Å². The van der Waals surface area contributed by atoms with Crippen LogP contribution in [0.3, 0.4) is 0 Å². The van der Waals surface area contributed by atoms with Crippen molar-refractivity contribution in [1.82, 2.24) is 0 Å². The van der Waals surface area contributed by atoms with E-state index in [9.17, 15) is 0 Å². The number of para-hydroxylation sites is 2. The highest BCUT2D eigenvalue weighted by molar-refractivity contribution is 7.16.